The fraction of sp³-hybridized carbons (Fsp3) is 0.474. The van der Waals surface area contributed by atoms with Crippen molar-refractivity contribution in [2.24, 2.45) is 4.99 Å². The Morgan fingerprint density at radius 1 is 1.21 bits per heavy atom. The fourth-order valence-electron chi connectivity index (χ4n) is 2.45. The van der Waals surface area contributed by atoms with Crippen LogP contribution in [-0.4, -0.2) is 24.0 Å². The molecule has 1 atom stereocenters. The molecule has 1 aromatic carbocycles. The SMILES string of the molecule is CCNC(=NCc1nc(C)c(C)s1)NCCC(C)c1ccccc1. The third-order valence-electron chi connectivity index (χ3n) is 4.03. The quantitative estimate of drug-likeness (QED) is 0.589. The molecule has 0 fully saturated rings. The van der Waals surface area contributed by atoms with Crippen LogP contribution in [0.5, 0.6) is 0 Å². The van der Waals surface area contributed by atoms with Gasteiger partial charge in [0.25, 0.3) is 0 Å². The van der Waals surface area contributed by atoms with Crippen LogP contribution < -0.4 is 10.6 Å². The average molecular weight is 345 g/mol. The molecule has 0 bridgehead atoms. The molecule has 0 aliphatic carbocycles. The van der Waals surface area contributed by atoms with Gasteiger partial charge >= 0.3 is 0 Å². The maximum atomic E-state index is 4.65. The lowest BCUT2D eigenvalue weighted by Crippen LogP contribution is -2.38. The zero-order valence-corrected chi connectivity index (χ0v) is 15.9. The Bertz CT molecular complexity index is 629. The Hall–Kier alpha value is -1.88. The van der Waals surface area contributed by atoms with Crippen LogP contribution in [0.25, 0.3) is 0 Å². The highest BCUT2D eigenvalue weighted by Gasteiger charge is 2.06. The van der Waals surface area contributed by atoms with Crippen LogP contribution in [0.15, 0.2) is 35.3 Å². The van der Waals surface area contributed by atoms with Crippen LogP contribution in [0.2, 0.25) is 0 Å². The number of hydrogen-bond donors (Lipinski definition) is 2. The minimum atomic E-state index is 0.533. The zero-order chi connectivity index (χ0) is 17.4. The lowest BCUT2D eigenvalue weighted by Gasteiger charge is -2.15. The number of thiazole rings is 1. The van der Waals surface area contributed by atoms with Gasteiger partial charge in [-0.1, -0.05) is 37.3 Å². The highest BCUT2D eigenvalue weighted by Crippen LogP contribution is 2.18. The summed E-state index contributed by atoms with van der Waals surface area (Å²) in [5, 5.41) is 7.80. The van der Waals surface area contributed by atoms with Gasteiger partial charge in [0.1, 0.15) is 5.01 Å². The zero-order valence-electron chi connectivity index (χ0n) is 15.1. The summed E-state index contributed by atoms with van der Waals surface area (Å²) in [6.07, 6.45) is 1.07. The number of hydrogen-bond acceptors (Lipinski definition) is 3. The summed E-state index contributed by atoms with van der Waals surface area (Å²) >= 11 is 1.73. The summed E-state index contributed by atoms with van der Waals surface area (Å²) in [6, 6.07) is 10.6. The van der Waals surface area contributed by atoms with E-state index in [-0.39, 0.29) is 0 Å². The molecule has 2 aromatic rings. The van der Waals surface area contributed by atoms with Gasteiger partial charge in [-0.3, -0.25) is 0 Å². The van der Waals surface area contributed by atoms with E-state index in [4.69, 9.17) is 0 Å². The van der Waals surface area contributed by atoms with E-state index in [9.17, 15) is 0 Å². The first-order chi connectivity index (χ1) is 11.6. The van der Waals surface area contributed by atoms with E-state index in [1.165, 1.54) is 10.4 Å². The maximum Gasteiger partial charge on any atom is 0.191 e. The molecule has 1 heterocycles. The topological polar surface area (TPSA) is 49.3 Å². The maximum absolute atomic E-state index is 4.65. The van der Waals surface area contributed by atoms with E-state index in [2.05, 4.69) is 71.7 Å². The van der Waals surface area contributed by atoms with E-state index < -0.39 is 0 Å². The summed E-state index contributed by atoms with van der Waals surface area (Å²) in [7, 11) is 0. The number of aliphatic imine (C=N–C) groups is 1. The van der Waals surface area contributed by atoms with Crippen LogP contribution in [0, 0.1) is 13.8 Å². The molecule has 0 saturated heterocycles. The van der Waals surface area contributed by atoms with Crippen molar-refractivity contribution in [3.8, 4) is 0 Å². The molecular weight excluding hydrogens is 316 g/mol. The van der Waals surface area contributed by atoms with Gasteiger partial charge in [0.15, 0.2) is 5.96 Å². The minimum Gasteiger partial charge on any atom is -0.357 e. The van der Waals surface area contributed by atoms with Crippen molar-refractivity contribution in [3.63, 3.8) is 0 Å². The van der Waals surface area contributed by atoms with Gasteiger partial charge in [0.2, 0.25) is 0 Å². The number of guanidine groups is 1. The van der Waals surface area contributed by atoms with Gasteiger partial charge in [-0.05, 0) is 38.7 Å². The van der Waals surface area contributed by atoms with Crippen LogP contribution >= 0.6 is 11.3 Å². The number of nitrogens with zero attached hydrogens (tertiary/aromatic N) is 2. The highest BCUT2D eigenvalue weighted by molar-refractivity contribution is 7.11. The molecule has 0 radical (unpaired) electrons. The van der Waals surface area contributed by atoms with Crippen LogP contribution in [-0.2, 0) is 6.54 Å². The van der Waals surface area contributed by atoms with Gasteiger partial charge in [-0.25, -0.2) is 9.98 Å². The third-order valence-corrected chi connectivity index (χ3v) is 5.09. The molecule has 2 N–H and O–H groups in total. The van der Waals surface area contributed by atoms with Crippen LogP contribution in [0.1, 0.15) is 47.3 Å². The second-order valence-electron chi connectivity index (χ2n) is 5.97. The molecule has 0 spiro atoms. The van der Waals surface area contributed by atoms with Crippen molar-refractivity contribution < 1.29 is 0 Å². The highest BCUT2D eigenvalue weighted by atomic mass is 32.1. The van der Waals surface area contributed by atoms with Crippen molar-refractivity contribution >= 4 is 17.3 Å². The normalized spacial score (nSPS) is 12.9. The second kappa shape index (κ2) is 9.42. The summed E-state index contributed by atoms with van der Waals surface area (Å²) in [5.74, 6) is 1.40. The van der Waals surface area contributed by atoms with E-state index in [0.717, 1.165) is 36.2 Å². The molecule has 1 unspecified atom stereocenters. The summed E-state index contributed by atoms with van der Waals surface area (Å²) < 4.78 is 0. The smallest absolute Gasteiger partial charge is 0.191 e. The minimum absolute atomic E-state index is 0.533. The second-order valence-corrected chi connectivity index (χ2v) is 7.26. The Morgan fingerprint density at radius 3 is 2.58 bits per heavy atom. The van der Waals surface area contributed by atoms with Gasteiger partial charge in [-0.2, -0.15) is 0 Å². The first-order valence-corrected chi connectivity index (χ1v) is 9.41. The summed E-state index contributed by atoms with van der Waals surface area (Å²) in [4.78, 5) is 10.5. The van der Waals surface area contributed by atoms with Crippen molar-refractivity contribution in [1.82, 2.24) is 15.6 Å². The van der Waals surface area contributed by atoms with Crippen molar-refractivity contribution in [1.29, 1.82) is 0 Å². The molecule has 0 aliphatic heterocycles. The van der Waals surface area contributed by atoms with Crippen molar-refractivity contribution in [2.45, 2.75) is 46.6 Å². The fourth-order valence-corrected chi connectivity index (χ4v) is 3.31. The van der Waals surface area contributed by atoms with Gasteiger partial charge in [0.05, 0.1) is 12.2 Å². The average Bonchev–Trinajstić information content (AvgIpc) is 2.91. The van der Waals surface area contributed by atoms with Crippen molar-refractivity contribution in [3.05, 3.63) is 51.5 Å². The monoisotopic (exact) mass is 344 g/mol. The lowest BCUT2D eigenvalue weighted by atomic mass is 9.98. The standard InChI is InChI=1S/C19H28N4S/c1-5-20-19(22-13-18-23-15(3)16(4)24-18)21-12-11-14(2)17-9-7-6-8-10-17/h6-10,14H,5,11-13H2,1-4H3,(H2,20,21,22). The molecule has 0 aliphatic rings. The van der Waals surface area contributed by atoms with Gasteiger partial charge in [-0.15, -0.1) is 11.3 Å². The molecule has 24 heavy (non-hydrogen) atoms. The Labute approximate surface area is 149 Å². The molecule has 0 amide bonds. The van der Waals surface area contributed by atoms with E-state index in [1.54, 1.807) is 11.3 Å². The lowest BCUT2D eigenvalue weighted by molar-refractivity contribution is 0.652. The Morgan fingerprint density at radius 2 is 1.96 bits per heavy atom. The van der Waals surface area contributed by atoms with E-state index in [0.29, 0.717) is 12.5 Å². The number of aryl methyl sites for hydroxylation is 2. The third kappa shape index (κ3) is 5.64. The largest absolute Gasteiger partial charge is 0.357 e. The van der Waals surface area contributed by atoms with Gasteiger partial charge < -0.3 is 10.6 Å². The van der Waals surface area contributed by atoms with Crippen LogP contribution in [0.3, 0.4) is 0 Å². The number of benzene rings is 1. The molecule has 1 aromatic heterocycles. The molecule has 130 valence electrons. The van der Waals surface area contributed by atoms with E-state index in [1.807, 2.05) is 6.92 Å². The first kappa shape index (κ1) is 18.5. The Balaban J connectivity index is 1.85. The molecule has 2 rings (SSSR count). The number of aromatic nitrogens is 1. The molecule has 5 heteroatoms. The predicted molar refractivity (Wildman–Crippen MR) is 104 cm³/mol. The summed E-state index contributed by atoms with van der Waals surface area (Å²) in [6.45, 7) is 10.9. The molecule has 0 saturated carbocycles. The number of nitrogens with one attached hydrogen (secondary N) is 2. The van der Waals surface area contributed by atoms with Crippen LogP contribution in [0.4, 0.5) is 0 Å². The van der Waals surface area contributed by atoms with E-state index >= 15 is 0 Å². The number of rotatable bonds is 7. The molecule has 4 nitrogen and oxygen atoms in total. The molecular formula is C19H28N4S. The first-order valence-electron chi connectivity index (χ1n) is 8.60. The van der Waals surface area contributed by atoms with Gasteiger partial charge in [0, 0.05) is 18.0 Å². The predicted octanol–water partition coefficient (Wildman–Crippen LogP) is 4.01. The van der Waals surface area contributed by atoms with Crippen molar-refractivity contribution in [2.75, 3.05) is 13.1 Å². The Kier molecular flexibility index (Phi) is 7.25. The summed E-state index contributed by atoms with van der Waals surface area (Å²) in [5.41, 5.74) is 2.50.